The van der Waals surface area contributed by atoms with Gasteiger partial charge in [0.1, 0.15) is 0 Å². The lowest BCUT2D eigenvalue weighted by Crippen LogP contribution is -2.54. The molecule has 1 atom stereocenters. The Labute approximate surface area is 121 Å². The van der Waals surface area contributed by atoms with Crippen LogP contribution in [0.4, 0.5) is 4.79 Å². The van der Waals surface area contributed by atoms with Crippen molar-refractivity contribution in [3.05, 3.63) is 0 Å². The summed E-state index contributed by atoms with van der Waals surface area (Å²) in [5.74, 6) is 0.106. The van der Waals surface area contributed by atoms with Gasteiger partial charge in [0.15, 0.2) is 0 Å². The SMILES string of the molecule is CCC(N)CC(=O)N1CCN(C(=O)N(CC)CC)CC1. The minimum atomic E-state index is -0.0576. The average Bonchev–Trinajstić information content (AvgIpc) is 2.48. The van der Waals surface area contributed by atoms with Crippen LogP contribution in [-0.2, 0) is 4.79 Å². The molecule has 1 aliphatic heterocycles. The number of hydrogen-bond donors (Lipinski definition) is 1. The molecule has 20 heavy (non-hydrogen) atoms. The molecular formula is C14H28N4O2. The smallest absolute Gasteiger partial charge is 0.320 e. The lowest BCUT2D eigenvalue weighted by atomic mass is 10.1. The highest BCUT2D eigenvalue weighted by atomic mass is 16.2. The van der Waals surface area contributed by atoms with Crippen LogP contribution < -0.4 is 5.73 Å². The second-order valence-corrected chi connectivity index (χ2v) is 5.20. The third kappa shape index (κ3) is 4.37. The molecule has 3 amide bonds. The van der Waals surface area contributed by atoms with Crippen LogP contribution in [0.1, 0.15) is 33.6 Å². The Morgan fingerprint density at radius 1 is 1.05 bits per heavy atom. The Bertz CT molecular complexity index is 323. The maximum Gasteiger partial charge on any atom is 0.320 e. The van der Waals surface area contributed by atoms with E-state index in [9.17, 15) is 9.59 Å². The van der Waals surface area contributed by atoms with E-state index in [1.165, 1.54) is 0 Å². The van der Waals surface area contributed by atoms with Crippen molar-refractivity contribution in [3.8, 4) is 0 Å². The van der Waals surface area contributed by atoms with E-state index in [0.29, 0.717) is 32.6 Å². The van der Waals surface area contributed by atoms with Gasteiger partial charge in [-0.15, -0.1) is 0 Å². The minimum absolute atomic E-state index is 0.0576. The zero-order valence-corrected chi connectivity index (χ0v) is 13.0. The number of rotatable bonds is 5. The van der Waals surface area contributed by atoms with Gasteiger partial charge in [-0.25, -0.2) is 4.79 Å². The van der Waals surface area contributed by atoms with Gasteiger partial charge in [-0.1, -0.05) is 6.92 Å². The molecule has 6 heteroatoms. The summed E-state index contributed by atoms with van der Waals surface area (Å²) >= 11 is 0. The van der Waals surface area contributed by atoms with Gasteiger partial charge in [-0.3, -0.25) is 4.79 Å². The van der Waals surface area contributed by atoms with Gasteiger partial charge in [0.05, 0.1) is 0 Å². The fourth-order valence-electron chi connectivity index (χ4n) is 2.34. The zero-order chi connectivity index (χ0) is 15.1. The van der Waals surface area contributed by atoms with Gasteiger partial charge in [-0.2, -0.15) is 0 Å². The summed E-state index contributed by atoms with van der Waals surface area (Å²) in [5, 5.41) is 0. The number of nitrogens with two attached hydrogens (primary N) is 1. The van der Waals surface area contributed by atoms with Crippen molar-refractivity contribution in [2.75, 3.05) is 39.3 Å². The maximum atomic E-state index is 12.2. The van der Waals surface area contributed by atoms with Gasteiger partial charge in [-0.05, 0) is 20.3 Å². The first-order valence-corrected chi connectivity index (χ1v) is 7.60. The third-order valence-corrected chi connectivity index (χ3v) is 3.90. The van der Waals surface area contributed by atoms with E-state index in [4.69, 9.17) is 5.73 Å². The van der Waals surface area contributed by atoms with Crippen molar-refractivity contribution in [2.45, 2.75) is 39.7 Å². The van der Waals surface area contributed by atoms with Crippen molar-refractivity contribution in [2.24, 2.45) is 5.73 Å². The molecule has 0 aromatic carbocycles. The van der Waals surface area contributed by atoms with Crippen LogP contribution in [0, 0.1) is 0 Å². The van der Waals surface area contributed by atoms with Crippen LogP contribution in [0.15, 0.2) is 0 Å². The van der Waals surface area contributed by atoms with Crippen molar-refractivity contribution in [3.63, 3.8) is 0 Å². The molecule has 0 aliphatic carbocycles. The molecule has 0 saturated carbocycles. The Hall–Kier alpha value is -1.30. The molecule has 116 valence electrons. The first-order chi connectivity index (χ1) is 9.53. The highest BCUT2D eigenvalue weighted by molar-refractivity contribution is 5.78. The Morgan fingerprint density at radius 2 is 1.55 bits per heavy atom. The van der Waals surface area contributed by atoms with E-state index in [1.54, 1.807) is 0 Å². The first-order valence-electron chi connectivity index (χ1n) is 7.60. The van der Waals surface area contributed by atoms with E-state index in [-0.39, 0.29) is 18.0 Å². The first kappa shape index (κ1) is 16.8. The quantitative estimate of drug-likeness (QED) is 0.808. The fourth-order valence-corrected chi connectivity index (χ4v) is 2.34. The van der Waals surface area contributed by atoms with Crippen LogP contribution in [0.3, 0.4) is 0 Å². The summed E-state index contributed by atoms with van der Waals surface area (Å²) in [7, 11) is 0. The third-order valence-electron chi connectivity index (χ3n) is 3.90. The zero-order valence-electron chi connectivity index (χ0n) is 13.0. The number of urea groups is 1. The average molecular weight is 284 g/mol. The number of nitrogens with zero attached hydrogens (tertiary/aromatic N) is 3. The van der Waals surface area contributed by atoms with Crippen LogP contribution in [0.25, 0.3) is 0 Å². The second-order valence-electron chi connectivity index (χ2n) is 5.20. The predicted octanol–water partition coefficient (Wildman–Crippen LogP) is 0.720. The Morgan fingerprint density at radius 3 is 2.00 bits per heavy atom. The van der Waals surface area contributed by atoms with Gasteiger partial charge in [0, 0.05) is 51.7 Å². The van der Waals surface area contributed by atoms with Crippen molar-refractivity contribution < 1.29 is 9.59 Å². The molecule has 0 aromatic rings. The van der Waals surface area contributed by atoms with Crippen molar-refractivity contribution in [1.29, 1.82) is 0 Å². The van der Waals surface area contributed by atoms with Gasteiger partial charge in [0.2, 0.25) is 5.91 Å². The lowest BCUT2D eigenvalue weighted by molar-refractivity contribution is -0.133. The summed E-state index contributed by atoms with van der Waals surface area (Å²) in [6.07, 6.45) is 1.21. The normalized spacial score (nSPS) is 17.0. The van der Waals surface area contributed by atoms with Crippen LogP contribution >= 0.6 is 0 Å². The highest BCUT2D eigenvalue weighted by Crippen LogP contribution is 2.08. The summed E-state index contributed by atoms with van der Waals surface area (Å²) in [4.78, 5) is 29.7. The molecule has 1 aliphatic rings. The Kier molecular flexibility index (Phi) is 6.78. The predicted molar refractivity (Wildman–Crippen MR) is 79.4 cm³/mol. The monoisotopic (exact) mass is 284 g/mol. The minimum Gasteiger partial charge on any atom is -0.339 e. The van der Waals surface area contributed by atoms with E-state index >= 15 is 0 Å². The molecule has 1 fully saturated rings. The van der Waals surface area contributed by atoms with Crippen molar-refractivity contribution >= 4 is 11.9 Å². The number of carbonyl (C=O) groups is 2. The molecule has 1 rings (SSSR count). The van der Waals surface area contributed by atoms with Crippen molar-refractivity contribution in [1.82, 2.24) is 14.7 Å². The molecular weight excluding hydrogens is 256 g/mol. The largest absolute Gasteiger partial charge is 0.339 e. The maximum absolute atomic E-state index is 12.2. The molecule has 0 aromatic heterocycles. The van der Waals surface area contributed by atoms with E-state index in [2.05, 4.69) is 0 Å². The molecule has 0 radical (unpaired) electrons. The summed E-state index contributed by atoms with van der Waals surface area (Å²) in [6, 6.07) is 0.0187. The standard InChI is InChI=1S/C14H28N4O2/c1-4-12(15)11-13(19)17-7-9-18(10-8-17)14(20)16(5-2)6-3/h12H,4-11,15H2,1-3H3. The summed E-state index contributed by atoms with van der Waals surface area (Å²) in [5.41, 5.74) is 5.81. The fraction of sp³-hybridized carbons (Fsp3) is 0.857. The Balaban J connectivity index is 2.43. The van der Waals surface area contributed by atoms with E-state index in [1.807, 2.05) is 35.5 Å². The van der Waals surface area contributed by atoms with Gasteiger partial charge >= 0.3 is 6.03 Å². The molecule has 1 unspecified atom stereocenters. The molecule has 6 nitrogen and oxygen atoms in total. The second kappa shape index (κ2) is 8.09. The molecule has 1 heterocycles. The topological polar surface area (TPSA) is 69.9 Å². The molecule has 1 saturated heterocycles. The van der Waals surface area contributed by atoms with E-state index < -0.39 is 0 Å². The van der Waals surface area contributed by atoms with E-state index in [0.717, 1.165) is 19.5 Å². The summed E-state index contributed by atoms with van der Waals surface area (Å²) < 4.78 is 0. The molecule has 2 N–H and O–H groups in total. The van der Waals surface area contributed by atoms with Gasteiger partial charge in [0.25, 0.3) is 0 Å². The number of amides is 3. The highest BCUT2D eigenvalue weighted by Gasteiger charge is 2.26. The van der Waals surface area contributed by atoms with Crippen LogP contribution in [-0.4, -0.2) is 71.9 Å². The molecule has 0 bridgehead atoms. The van der Waals surface area contributed by atoms with Crippen LogP contribution in [0.2, 0.25) is 0 Å². The number of carbonyl (C=O) groups excluding carboxylic acids is 2. The lowest BCUT2D eigenvalue weighted by Gasteiger charge is -2.37. The number of piperazine rings is 1. The van der Waals surface area contributed by atoms with Crippen LogP contribution in [0.5, 0.6) is 0 Å². The molecule has 0 spiro atoms. The number of hydrogen-bond acceptors (Lipinski definition) is 3. The van der Waals surface area contributed by atoms with Gasteiger partial charge < -0.3 is 20.4 Å². The summed E-state index contributed by atoms with van der Waals surface area (Å²) in [6.45, 7) is 9.84.